The predicted octanol–water partition coefficient (Wildman–Crippen LogP) is 1.29. The number of halogens is 1. The molecule has 0 spiro atoms. The molecule has 1 aromatic rings. The van der Waals surface area contributed by atoms with Crippen molar-refractivity contribution in [3.63, 3.8) is 0 Å². The lowest BCUT2D eigenvalue weighted by atomic mass is 10.5. The standard InChI is InChI=1S/C9H15N5S.HI/c1-2-7-13-14-8(15-7)5-11-9(10)12-6-3-4-6;/h6H,2-5H2,1H3,(H3,10,11,12);1H. The van der Waals surface area contributed by atoms with Crippen LogP contribution < -0.4 is 11.1 Å². The van der Waals surface area contributed by atoms with Crippen molar-refractivity contribution in [1.29, 1.82) is 0 Å². The van der Waals surface area contributed by atoms with Crippen LogP contribution in [-0.2, 0) is 13.0 Å². The largest absolute Gasteiger partial charge is 0.370 e. The highest BCUT2D eigenvalue weighted by molar-refractivity contribution is 14.0. The van der Waals surface area contributed by atoms with Crippen molar-refractivity contribution in [2.45, 2.75) is 38.8 Å². The molecule has 1 aromatic heterocycles. The summed E-state index contributed by atoms with van der Waals surface area (Å²) < 4.78 is 0. The summed E-state index contributed by atoms with van der Waals surface area (Å²) in [6.07, 6.45) is 3.33. The van der Waals surface area contributed by atoms with Gasteiger partial charge in [-0.1, -0.05) is 18.3 Å². The number of hydrogen-bond acceptors (Lipinski definition) is 4. The summed E-state index contributed by atoms with van der Waals surface area (Å²) in [5.41, 5.74) is 5.70. The Labute approximate surface area is 116 Å². The third kappa shape index (κ3) is 4.20. The number of nitrogens with one attached hydrogen (secondary N) is 1. The lowest BCUT2D eigenvalue weighted by molar-refractivity contribution is 0.868. The van der Waals surface area contributed by atoms with Crippen molar-refractivity contribution >= 4 is 41.3 Å². The highest BCUT2D eigenvalue weighted by Crippen LogP contribution is 2.18. The van der Waals surface area contributed by atoms with Gasteiger partial charge in [-0.05, 0) is 19.3 Å². The quantitative estimate of drug-likeness (QED) is 0.486. The van der Waals surface area contributed by atoms with E-state index in [1.54, 1.807) is 11.3 Å². The minimum atomic E-state index is 0. The van der Waals surface area contributed by atoms with Crippen LogP contribution in [0.25, 0.3) is 0 Å². The zero-order valence-electron chi connectivity index (χ0n) is 9.14. The number of hydrogen-bond donors (Lipinski definition) is 2. The van der Waals surface area contributed by atoms with Crippen LogP contribution in [0.4, 0.5) is 0 Å². The fraction of sp³-hybridized carbons (Fsp3) is 0.667. The zero-order valence-corrected chi connectivity index (χ0v) is 12.3. The van der Waals surface area contributed by atoms with Gasteiger partial charge in [0.05, 0.1) is 6.54 Å². The second kappa shape index (κ2) is 6.33. The Kier molecular flexibility index (Phi) is 5.39. The van der Waals surface area contributed by atoms with Crippen molar-refractivity contribution in [3.05, 3.63) is 10.0 Å². The van der Waals surface area contributed by atoms with Crippen LogP contribution in [0.2, 0.25) is 0 Å². The molecular formula is C9H16IN5S. The maximum absolute atomic E-state index is 5.70. The lowest BCUT2D eigenvalue weighted by Crippen LogP contribution is -2.33. The highest BCUT2D eigenvalue weighted by atomic mass is 127. The number of aliphatic imine (C=N–C) groups is 1. The van der Waals surface area contributed by atoms with E-state index in [0.29, 0.717) is 18.5 Å². The van der Waals surface area contributed by atoms with Gasteiger partial charge in [-0.3, -0.25) is 0 Å². The van der Waals surface area contributed by atoms with Crippen LogP contribution in [0.5, 0.6) is 0 Å². The lowest BCUT2D eigenvalue weighted by Gasteiger charge is -2.00. The number of aryl methyl sites for hydroxylation is 1. The van der Waals surface area contributed by atoms with Crippen LogP contribution in [-0.4, -0.2) is 22.2 Å². The molecule has 0 radical (unpaired) electrons. The number of aromatic nitrogens is 2. The smallest absolute Gasteiger partial charge is 0.189 e. The van der Waals surface area contributed by atoms with Gasteiger partial charge >= 0.3 is 0 Å². The van der Waals surface area contributed by atoms with Gasteiger partial charge in [0.2, 0.25) is 0 Å². The molecule has 0 aromatic carbocycles. The van der Waals surface area contributed by atoms with Crippen molar-refractivity contribution in [1.82, 2.24) is 15.5 Å². The van der Waals surface area contributed by atoms with E-state index in [4.69, 9.17) is 5.73 Å². The second-order valence-corrected chi connectivity index (χ2v) is 4.71. The Bertz CT molecular complexity index is 361. The molecule has 5 nitrogen and oxygen atoms in total. The summed E-state index contributed by atoms with van der Waals surface area (Å²) in [5, 5.41) is 13.2. The molecule has 1 saturated carbocycles. The van der Waals surface area contributed by atoms with Gasteiger partial charge in [0.1, 0.15) is 10.0 Å². The van der Waals surface area contributed by atoms with Crippen molar-refractivity contribution in [2.24, 2.45) is 10.7 Å². The van der Waals surface area contributed by atoms with Gasteiger partial charge in [0, 0.05) is 6.04 Å². The van der Waals surface area contributed by atoms with E-state index >= 15 is 0 Å². The third-order valence-corrected chi connectivity index (χ3v) is 3.18. The average Bonchev–Trinajstić information content (AvgIpc) is 2.92. The first kappa shape index (κ1) is 13.6. The molecule has 1 heterocycles. The number of guanidine groups is 1. The van der Waals surface area contributed by atoms with E-state index in [0.717, 1.165) is 16.4 Å². The third-order valence-electron chi connectivity index (χ3n) is 2.13. The summed E-state index contributed by atoms with van der Waals surface area (Å²) in [4.78, 5) is 4.21. The summed E-state index contributed by atoms with van der Waals surface area (Å²) in [7, 11) is 0. The summed E-state index contributed by atoms with van der Waals surface area (Å²) in [5.74, 6) is 0.519. The molecule has 0 aliphatic heterocycles. The van der Waals surface area contributed by atoms with Crippen LogP contribution >= 0.6 is 35.3 Å². The van der Waals surface area contributed by atoms with Crippen LogP contribution in [0, 0.1) is 0 Å². The minimum absolute atomic E-state index is 0. The Hall–Kier alpha value is -0.440. The summed E-state index contributed by atoms with van der Waals surface area (Å²) in [6, 6.07) is 0.550. The molecular weight excluding hydrogens is 337 g/mol. The van der Waals surface area contributed by atoms with E-state index < -0.39 is 0 Å². The first-order valence-electron chi connectivity index (χ1n) is 5.15. The number of nitrogens with two attached hydrogens (primary N) is 1. The van der Waals surface area contributed by atoms with Gasteiger partial charge in [-0.15, -0.1) is 34.2 Å². The van der Waals surface area contributed by atoms with Crippen LogP contribution in [0.15, 0.2) is 4.99 Å². The molecule has 1 aliphatic rings. The Morgan fingerprint density at radius 3 is 2.75 bits per heavy atom. The second-order valence-electron chi connectivity index (χ2n) is 3.56. The first-order valence-corrected chi connectivity index (χ1v) is 5.97. The molecule has 16 heavy (non-hydrogen) atoms. The monoisotopic (exact) mass is 353 g/mol. The van der Waals surface area contributed by atoms with Crippen LogP contribution in [0.1, 0.15) is 29.8 Å². The maximum atomic E-state index is 5.70. The number of rotatable bonds is 4. The normalized spacial score (nSPS) is 15.7. The first-order chi connectivity index (χ1) is 7.28. The highest BCUT2D eigenvalue weighted by Gasteiger charge is 2.21. The summed E-state index contributed by atoms with van der Waals surface area (Å²) >= 11 is 1.60. The molecule has 0 bridgehead atoms. The van der Waals surface area contributed by atoms with Gasteiger partial charge in [-0.2, -0.15) is 0 Å². The predicted molar refractivity (Wildman–Crippen MR) is 76.2 cm³/mol. The van der Waals surface area contributed by atoms with Gasteiger partial charge in [-0.25, -0.2) is 4.99 Å². The zero-order chi connectivity index (χ0) is 10.7. The molecule has 3 N–H and O–H groups in total. The minimum Gasteiger partial charge on any atom is -0.370 e. The molecule has 7 heteroatoms. The molecule has 90 valence electrons. The molecule has 1 fully saturated rings. The van der Waals surface area contributed by atoms with Crippen molar-refractivity contribution in [2.75, 3.05) is 0 Å². The average molecular weight is 353 g/mol. The number of nitrogens with zero attached hydrogens (tertiary/aromatic N) is 3. The van der Waals surface area contributed by atoms with E-state index in [1.807, 2.05) is 0 Å². The molecule has 1 aliphatic carbocycles. The van der Waals surface area contributed by atoms with E-state index in [2.05, 4.69) is 27.4 Å². The molecule has 0 saturated heterocycles. The van der Waals surface area contributed by atoms with Gasteiger partial charge in [0.25, 0.3) is 0 Å². The molecule has 2 rings (SSSR count). The van der Waals surface area contributed by atoms with Crippen molar-refractivity contribution in [3.8, 4) is 0 Å². The van der Waals surface area contributed by atoms with E-state index in [-0.39, 0.29) is 24.0 Å². The fourth-order valence-corrected chi connectivity index (χ4v) is 1.84. The van der Waals surface area contributed by atoms with Gasteiger partial charge in [0.15, 0.2) is 5.96 Å². The van der Waals surface area contributed by atoms with Gasteiger partial charge < -0.3 is 11.1 Å². The Balaban J connectivity index is 0.00000128. The van der Waals surface area contributed by atoms with E-state index in [9.17, 15) is 0 Å². The Morgan fingerprint density at radius 1 is 1.50 bits per heavy atom. The van der Waals surface area contributed by atoms with Crippen LogP contribution in [0.3, 0.4) is 0 Å². The van der Waals surface area contributed by atoms with Crippen molar-refractivity contribution < 1.29 is 0 Å². The topological polar surface area (TPSA) is 76.2 Å². The molecule has 0 unspecified atom stereocenters. The summed E-state index contributed by atoms with van der Waals surface area (Å²) in [6.45, 7) is 2.60. The fourth-order valence-electron chi connectivity index (χ4n) is 1.13. The molecule has 0 atom stereocenters. The van der Waals surface area contributed by atoms with E-state index in [1.165, 1.54) is 12.8 Å². The Morgan fingerprint density at radius 2 is 2.19 bits per heavy atom. The SMILES string of the molecule is CCc1nnc(CN=C(N)NC2CC2)s1.I. The maximum Gasteiger partial charge on any atom is 0.189 e. The molecule has 0 amide bonds.